The predicted molar refractivity (Wildman–Crippen MR) is 112 cm³/mol. The second kappa shape index (κ2) is 8.20. The summed E-state index contributed by atoms with van der Waals surface area (Å²) in [5, 5.41) is 10.3. The Kier molecular flexibility index (Phi) is 5.72. The van der Waals surface area contributed by atoms with E-state index in [1.807, 2.05) is 50.2 Å². The van der Waals surface area contributed by atoms with E-state index >= 15 is 0 Å². The smallest absolute Gasteiger partial charge is 0.161 e. The number of hydrogen-bond donors (Lipinski definition) is 1. The number of methoxy groups -OCH3 is 1. The highest BCUT2D eigenvalue weighted by Crippen LogP contribution is 2.39. The van der Waals surface area contributed by atoms with Crippen molar-refractivity contribution in [2.24, 2.45) is 0 Å². The molecule has 2 N–H and O–H groups in total. The van der Waals surface area contributed by atoms with E-state index in [-0.39, 0.29) is 5.82 Å². The van der Waals surface area contributed by atoms with Gasteiger partial charge in [0, 0.05) is 16.1 Å². The summed E-state index contributed by atoms with van der Waals surface area (Å²) in [4.78, 5) is 4.47. The molecule has 6 heteroatoms. The van der Waals surface area contributed by atoms with Gasteiger partial charge >= 0.3 is 0 Å². The Hall–Kier alpha value is -3.23. The summed E-state index contributed by atoms with van der Waals surface area (Å²) < 4.78 is 11.1. The van der Waals surface area contributed by atoms with Gasteiger partial charge in [-0.3, -0.25) is 0 Å². The normalized spacial score (nSPS) is 10.4. The van der Waals surface area contributed by atoms with Gasteiger partial charge in [0.15, 0.2) is 11.5 Å². The minimum Gasteiger partial charge on any atom is -0.493 e. The first-order valence-electron chi connectivity index (χ1n) is 8.77. The van der Waals surface area contributed by atoms with Gasteiger partial charge in [-0.15, -0.1) is 0 Å². The van der Waals surface area contributed by atoms with Gasteiger partial charge in [0.25, 0.3) is 0 Å². The molecule has 1 aromatic heterocycles. The summed E-state index contributed by atoms with van der Waals surface area (Å²) in [6.07, 6.45) is 0. The largest absolute Gasteiger partial charge is 0.493 e. The molecule has 0 spiro atoms. The molecule has 2 aromatic carbocycles. The molecule has 0 bridgehead atoms. The number of ether oxygens (including phenoxy) is 2. The maximum atomic E-state index is 9.71. The third-order valence-electron chi connectivity index (χ3n) is 4.43. The molecule has 5 nitrogen and oxygen atoms in total. The maximum Gasteiger partial charge on any atom is 0.161 e. The van der Waals surface area contributed by atoms with Gasteiger partial charge in [0.2, 0.25) is 0 Å². The average molecular weight is 394 g/mol. The van der Waals surface area contributed by atoms with Crippen molar-refractivity contribution >= 4 is 17.4 Å². The molecule has 0 aliphatic rings. The first-order chi connectivity index (χ1) is 13.5. The van der Waals surface area contributed by atoms with Gasteiger partial charge < -0.3 is 15.2 Å². The Morgan fingerprint density at radius 2 is 1.93 bits per heavy atom. The molecule has 0 aliphatic heterocycles. The van der Waals surface area contributed by atoms with Crippen LogP contribution in [-0.2, 0) is 0 Å². The summed E-state index contributed by atoms with van der Waals surface area (Å²) in [7, 11) is 1.58. The van der Waals surface area contributed by atoms with Gasteiger partial charge in [-0.25, -0.2) is 4.98 Å². The number of anilines is 1. The second-order valence-electron chi connectivity index (χ2n) is 6.14. The number of hydrogen-bond acceptors (Lipinski definition) is 5. The van der Waals surface area contributed by atoms with Crippen LogP contribution in [-0.4, -0.2) is 18.7 Å². The zero-order valence-electron chi connectivity index (χ0n) is 15.9. The zero-order chi connectivity index (χ0) is 20.3. The Bertz CT molecular complexity index is 1070. The van der Waals surface area contributed by atoms with Crippen LogP contribution < -0.4 is 15.2 Å². The molecule has 0 saturated heterocycles. The lowest BCUT2D eigenvalue weighted by Gasteiger charge is -2.17. The standard InChI is InChI=1S/C22H20ClN3O2/c1-4-28-18-9-8-14(11-19(18)27-3)20-13(2)21(26-22(25)17(20)12-24)15-6-5-7-16(23)10-15/h5-11H,4H2,1-3H3,(H2,25,26). The van der Waals surface area contributed by atoms with Crippen molar-refractivity contribution in [2.45, 2.75) is 13.8 Å². The van der Waals surface area contributed by atoms with Gasteiger partial charge in [-0.1, -0.05) is 29.8 Å². The minimum absolute atomic E-state index is 0.172. The van der Waals surface area contributed by atoms with E-state index in [2.05, 4.69) is 11.1 Å². The number of halogens is 1. The van der Waals surface area contributed by atoms with E-state index in [1.165, 1.54) is 0 Å². The monoisotopic (exact) mass is 393 g/mol. The van der Waals surface area contributed by atoms with Crippen molar-refractivity contribution in [1.82, 2.24) is 4.98 Å². The Labute approximate surface area is 169 Å². The van der Waals surface area contributed by atoms with Crippen molar-refractivity contribution in [2.75, 3.05) is 19.5 Å². The van der Waals surface area contributed by atoms with Crippen molar-refractivity contribution < 1.29 is 9.47 Å². The predicted octanol–water partition coefficient (Wildman–Crippen LogP) is 5.24. The number of nitrogens with zero attached hydrogens (tertiary/aromatic N) is 2. The molecule has 1 heterocycles. The zero-order valence-corrected chi connectivity index (χ0v) is 16.7. The maximum absolute atomic E-state index is 9.71. The van der Waals surface area contributed by atoms with Crippen LogP contribution in [0.5, 0.6) is 11.5 Å². The molecule has 0 saturated carbocycles. The van der Waals surface area contributed by atoms with E-state index in [9.17, 15) is 5.26 Å². The van der Waals surface area contributed by atoms with Crippen LogP contribution >= 0.6 is 11.6 Å². The number of aromatic nitrogens is 1. The van der Waals surface area contributed by atoms with E-state index < -0.39 is 0 Å². The summed E-state index contributed by atoms with van der Waals surface area (Å²) in [6, 6.07) is 15.1. The third kappa shape index (κ3) is 3.60. The third-order valence-corrected chi connectivity index (χ3v) is 4.67. The topological polar surface area (TPSA) is 81.2 Å². The van der Waals surface area contributed by atoms with E-state index in [1.54, 1.807) is 13.2 Å². The number of nitrogen functional groups attached to an aromatic ring is 1. The highest BCUT2D eigenvalue weighted by atomic mass is 35.5. The van der Waals surface area contributed by atoms with Crippen LogP contribution in [0.15, 0.2) is 42.5 Å². The Balaban J connectivity index is 2.27. The molecule has 0 radical (unpaired) electrons. The van der Waals surface area contributed by atoms with Crippen LogP contribution in [0.4, 0.5) is 5.82 Å². The van der Waals surface area contributed by atoms with Crippen LogP contribution in [0.25, 0.3) is 22.4 Å². The molecule has 0 amide bonds. The summed E-state index contributed by atoms with van der Waals surface area (Å²) >= 11 is 6.15. The van der Waals surface area contributed by atoms with Gasteiger partial charge in [-0.2, -0.15) is 5.26 Å². The number of benzene rings is 2. The molecule has 0 aliphatic carbocycles. The first-order valence-corrected chi connectivity index (χ1v) is 9.15. The molecule has 142 valence electrons. The van der Waals surface area contributed by atoms with Crippen molar-refractivity contribution in [3.8, 4) is 40.0 Å². The number of rotatable bonds is 5. The van der Waals surface area contributed by atoms with Gasteiger partial charge in [0.1, 0.15) is 17.5 Å². The molecule has 28 heavy (non-hydrogen) atoms. The Morgan fingerprint density at radius 1 is 1.14 bits per heavy atom. The van der Waals surface area contributed by atoms with E-state index in [0.29, 0.717) is 39.9 Å². The molecule has 0 fully saturated rings. The lowest BCUT2D eigenvalue weighted by molar-refractivity contribution is 0.311. The van der Waals surface area contributed by atoms with Crippen molar-refractivity contribution in [1.29, 1.82) is 5.26 Å². The summed E-state index contributed by atoms with van der Waals surface area (Å²) in [6.45, 7) is 4.35. The lowest BCUT2D eigenvalue weighted by atomic mass is 9.92. The van der Waals surface area contributed by atoms with Crippen LogP contribution in [0.3, 0.4) is 0 Å². The highest BCUT2D eigenvalue weighted by Gasteiger charge is 2.19. The number of nitrogens with two attached hydrogens (primary N) is 1. The van der Waals surface area contributed by atoms with Gasteiger partial charge in [-0.05, 0) is 49.2 Å². The van der Waals surface area contributed by atoms with Crippen molar-refractivity contribution in [3.63, 3.8) is 0 Å². The molecular weight excluding hydrogens is 374 g/mol. The second-order valence-corrected chi connectivity index (χ2v) is 6.58. The fourth-order valence-electron chi connectivity index (χ4n) is 3.18. The summed E-state index contributed by atoms with van der Waals surface area (Å²) in [5.41, 5.74) is 10.3. The molecule has 0 unspecified atom stereocenters. The van der Waals surface area contributed by atoms with E-state index in [0.717, 1.165) is 16.7 Å². The molecule has 0 atom stereocenters. The number of nitriles is 1. The quantitative estimate of drug-likeness (QED) is 0.641. The SMILES string of the molecule is CCOc1ccc(-c2c(C)c(-c3cccc(Cl)c3)nc(N)c2C#N)cc1OC. The summed E-state index contributed by atoms with van der Waals surface area (Å²) in [5.74, 6) is 1.40. The Morgan fingerprint density at radius 3 is 2.57 bits per heavy atom. The van der Waals surface area contributed by atoms with Crippen molar-refractivity contribution in [3.05, 3.63) is 58.6 Å². The fourth-order valence-corrected chi connectivity index (χ4v) is 3.37. The first kappa shape index (κ1) is 19.5. The highest BCUT2D eigenvalue weighted by molar-refractivity contribution is 6.30. The van der Waals surface area contributed by atoms with Crippen LogP contribution in [0, 0.1) is 18.3 Å². The van der Waals surface area contributed by atoms with Crippen LogP contribution in [0.2, 0.25) is 5.02 Å². The molecule has 3 aromatic rings. The number of pyridine rings is 1. The lowest BCUT2D eigenvalue weighted by Crippen LogP contribution is -2.03. The molecule has 3 rings (SSSR count). The van der Waals surface area contributed by atoms with Crippen LogP contribution in [0.1, 0.15) is 18.1 Å². The fraction of sp³-hybridized carbons (Fsp3) is 0.182. The van der Waals surface area contributed by atoms with E-state index in [4.69, 9.17) is 26.8 Å². The van der Waals surface area contributed by atoms with Gasteiger partial charge in [0.05, 0.1) is 19.4 Å². The molecular formula is C22H20ClN3O2. The average Bonchev–Trinajstić information content (AvgIpc) is 2.69. The minimum atomic E-state index is 0.172.